The number of rotatable bonds is 10. The average Bonchev–Trinajstić information content (AvgIpc) is 3.35. The Morgan fingerprint density at radius 2 is 1.95 bits per heavy atom. The second kappa shape index (κ2) is 12.2. The summed E-state index contributed by atoms with van der Waals surface area (Å²) in [7, 11) is 1.27. The number of carbonyl (C=O) groups excluding carboxylic acids is 4. The van der Waals surface area contributed by atoms with Gasteiger partial charge in [-0.2, -0.15) is 0 Å². The second-order valence-corrected chi connectivity index (χ2v) is 10.7. The van der Waals surface area contributed by atoms with Gasteiger partial charge in [-0.1, -0.05) is 0 Å². The third-order valence-corrected chi connectivity index (χ3v) is 8.13. The number of hydrogen-bond donors (Lipinski definition) is 3. The number of carboxylic acid groups (broad SMARTS) is 1. The zero-order chi connectivity index (χ0) is 30.8. The zero-order valence-electron chi connectivity index (χ0n) is 22.6. The summed E-state index contributed by atoms with van der Waals surface area (Å²) in [6, 6.07) is 6.59. The fraction of sp³-hybridized carbons (Fsp3) is 0.259. The highest BCUT2D eigenvalue weighted by molar-refractivity contribution is 8.00. The van der Waals surface area contributed by atoms with Gasteiger partial charge < -0.3 is 25.4 Å². The smallest absolute Gasteiger partial charge is 0.423 e. The van der Waals surface area contributed by atoms with Crippen molar-refractivity contribution in [3.05, 3.63) is 82.3 Å². The van der Waals surface area contributed by atoms with Crippen molar-refractivity contribution in [3.8, 4) is 16.8 Å². The third-order valence-electron chi connectivity index (χ3n) is 6.79. The van der Waals surface area contributed by atoms with E-state index < -0.39 is 46.7 Å². The molecule has 3 aromatic rings. The van der Waals surface area contributed by atoms with Crippen molar-refractivity contribution >= 4 is 35.5 Å². The van der Waals surface area contributed by atoms with E-state index in [9.17, 15) is 29.1 Å². The summed E-state index contributed by atoms with van der Waals surface area (Å²) < 4.78 is 23.0. The van der Waals surface area contributed by atoms with Crippen LogP contribution in [0.1, 0.15) is 5.76 Å². The van der Waals surface area contributed by atoms with Crippen molar-refractivity contribution in [2.75, 3.05) is 19.4 Å². The van der Waals surface area contributed by atoms with E-state index in [0.717, 1.165) is 15.5 Å². The summed E-state index contributed by atoms with van der Waals surface area (Å²) in [6.07, 6.45) is 4.32. The van der Waals surface area contributed by atoms with Gasteiger partial charge in [0.2, 0.25) is 5.91 Å². The summed E-state index contributed by atoms with van der Waals surface area (Å²) in [4.78, 5) is 65.9. The largest absolute Gasteiger partial charge is 0.543 e. The van der Waals surface area contributed by atoms with Gasteiger partial charge in [-0.3, -0.25) is 24.1 Å². The Hall–Kier alpha value is -4.80. The molecule has 5 rings (SSSR count). The molecule has 224 valence electrons. The molecular formula is C27H25FN6O8S. The summed E-state index contributed by atoms with van der Waals surface area (Å²) >= 11 is 1.32. The number of pyridine rings is 1. The van der Waals surface area contributed by atoms with Crippen LogP contribution in [0.4, 0.5) is 4.39 Å². The number of oxazole rings is 1. The molecule has 1 aromatic carbocycles. The number of carboxylic acids is 1. The van der Waals surface area contributed by atoms with Gasteiger partial charge in [0.25, 0.3) is 11.8 Å². The van der Waals surface area contributed by atoms with Gasteiger partial charge in [0.1, 0.15) is 23.0 Å². The Morgan fingerprint density at radius 3 is 2.60 bits per heavy atom. The molecule has 2 aliphatic heterocycles. The van der Waals surface area contributed by atoms with Gasteiger partial charge in [-0.05, 0) is 23.8 Å². The fourth-order valence-corrected chi connectivity index (χ4v) is 6.17. The number of nitrogens with one attached hydrogen (secondary N) is 2. The molecular weight excluding hydrogens is 587 g/mol. The standard InChI is InChI=1S/C27H25FN6O8S/c1-41-31-20(35)9-17-12-33(27(40)42-17)16-2-3-18(19(28)8-16)14-4-6-32(7-5-14)11-15-13-43-25-22(30-21(36)10-29)24(37)34(25)23(15)26(38)39/h2-8,12,22,25H,9-11,13,29H2,1H3,(H2-,30,31,35,36,38,39)/t22-,25+/m1/s1. The van der Waals surface area contributed by atoms with Crippen molar-refractivity contribution in [1.82, 2.24) is 20.3 Å². The van der Waals surface area contributed by atoms with Crippen molar-refractivity contribution in [2.45, 2.75) is 24.4 Å². The number of β-lactam (4-membered cyclic amide) rings is 1. The molecule has 0 aliphatic carbocycles. The maximum atomic E-state index is 15.2. The first-order valence-corrected chi connectivity index (χ1v) is 13.9. The van der Waals surface area contributed by atoms with Gasteiger partial charge in [-0.25, -0.2) is 23.8 Å². The topological polar surface area (TPSA) is 193 Å². The number of aliphatic carboxylic acids is 1. The lowest BCUT2D eigenvalue weighted by Gasteiger charge is -2.50. The molecule has 3 amide bonds. The van der Waals surface area contributed by atoms with E-state index in [0.29, 0.717) is 11.1 Å². The Kier molecular flexibility index (Phi) is 8.43. The van der Waals surface area contributed by atoms with Crippen LogP contribution in [0.25, 0.3) is 16.8 Å². The van der Waals surface area contributed by atoms with Gasteiger partial charge in [0.05, 0.1) is 43.6 Å². The molecule has 1 saturated heterocycles. The van der Waals surface area contributed by atoms with Crippen molar-refractivity contribution in [2.24, 2.45) is 5.73 Å². The molecule has 4 N–H and O–H groups in total. The normalized spacial score (nSPS) is 17.7. The maximum absolute atomic E-state index is 15.2. The monoisotopic (exact) mass is 612 g/mol. The van der Waals surface area contributed by atoms with Crippen molar-refractivity contribution < 1.29 is 42.5 Å². The number of benzene rings is 1. The Bertz CT molecular complexity index is 1700. The minimum Gasteiger partial charge on any atom is -0.543 e. The molecule has 0 unspecified atom stereocenters. The van der Waals surface area contributed by atoms with Crippen molar-refractivity contribution in [1.29, 1.82) is 0 Å². The van der Waals surface area contributed by atoms with E-state index in [2.05, 4.69) is 15.6 Å². The van der Waals surface area contributed by atoms with Crippen LogP contribution in [0.5, 0.6) is 0 Å². The van der Waals surface area contributed by atoms with Crippen LogP contribution in [-0.4, -0.2) is 64.0 Å². The Labute approximate surface area is 246 Å². The molecule has 16 heteroatoms. The number of amides is 3. The predicted molar refractivity (Wildman–Crippen MR) is 145 cm³/mol. The van der Waals surface area contributed by atoms with E-state index in [1.54, 1.807) is 29.1 Å². The highest BCUT2D eigenvalue weighted by Crippen LogP contribution is 2.40. The Morgan fingerprint density at radius 1 is 1.21 bits per heavy atom. The van der Waals surface area contributed by atoms with E-state index >= 15 is 4.39 Å². The summed E-state index contributed by atoms with van der Waals surface area (Å²) in [6.45, 7) is -0.166. The third kappa shape index (κ3) is 5.93. The van der Waals surface area contributed by atoms with Gasteiger partial charge in [-0.15, -0.1) is 11.8 Å². The molecule has 2 aliphatic rings. The highest BCUT2D eigenvalue weighted by atomic mass is 32.2. The molecule has 14 nitrogen and oxygen atoms in total. The highest BCUT2D eigenvalue weighted by Gasteiger charge is 2.53. The summed E-state index contributed by atoms with van der Waals surface area (Å²) in [5.41, 5.74) is 8.57. The maximum Gasteiger partial charge on any atom is 0.423 e. The number of thioether (sulfide) groups is 1. The number of nitrogens with two attached hydrogens (primary N) is 1. The number of halogens is 1. The van der Waals surface area contributed by atoms with E-state index in [-0.39, 0.29) is 48.0 Å². The second-order valence-electron chi connectivity index (χ2n) is 9.56. The van der Waals surface area contributed by atoms with Crippen LogP contribution in [0.3, 0.4) is 0 Å². The van der Waals surface area contributed by atoms with E-state index in [1.807, 2.05) is 0 Å². The summed E-state index contributed by atoms with van der Waals surface area (Å²) in [5.74, 6) is -4.16. The van der Waals surface area contributed by atoms with Gasteiger partial charge in [0.15, 0.2) is 18.9 Å². The number of hydroxylamine groups is 1. The van der Waals surface area contributed by atoms with Crippen LogP contribution in [0, 0.1) is 5.82 Å². The first-order valence-electron chi connectivity index (χ1n) is 12.8. The minimum absolute atomic E-state index is 0.0668. The molecule has 0 bridgehead atoms. The lowest BCUT2D eigenvalue weighted by Crippen LogP contribution is -2.71. The molecule has 43 heavy (non-hydrogen) atoms. The molecule has 1 fully saturated rings. The first-order chi connectivity index (χ1) is 20.6. The molecule has 0 saturated carbocycles. The Balaban J connectivity index is 1.31. The van der Waals surface area contributed by atoms with Crippen LogP contribution < -0.4 is 32.0 Å². The lowest BCUT2D eigenvalue weighted by atomic mass is 10.0. The van der Waals surface area contributed by atoms with Gasteiger partial charge >= 0.3 is 5.76 Å². The molecule has 2 atom stereocenters. The zero-order valence-corrected chi connectivity index (χ0v) is 23.4. The van der Waals surface area contributed by atoms with Crippen LogP contribution in [-0.2, 0) is 37.0 Å². The molecule has 0 spiro atoms. The SMILES string of the molecule is CONC(=O)Cc1cn(-c2ccc(-c3cc[n+](CC4=C(C(=O)[O-])N5C(=O)[C@@H](NC(=O)CN)[C@@H]5SC4)cc3)c(F)c2)c(=O)o1. The van der Waals surface area contributed by atoms with Crippen LogP contribution >= 0.6 is 11.8 Å². The lowest BCUT2D eigenvalue weighted by molar-refractivity contribution is -0.689. The minimum atomic E-state index is -1.50. The van der Waals surface area contributed by atoms with Gasteiger partial charge in [0, 0.05) is 29.0 Å². The van der Waals surface area contributed by atoms with E-state index in [1.165, 1.54) is 37.2 Å². The quantitative estimate of drug-likeness (QED) is 0.132. The number of nitrogens with zero attached hydrogens (tertiary/aromatic N) is 3. The predicted octanol–water partition coefficient (Wildman–Crippen LogP) is -1.89. The molecule has 2 aromatic heterocycles. The molecule has 4 heterocycles. The fourth-order valence-electron chi connectivity index (χ4n) is 4.83. The number of aromatic nitrogens is 2. The first kappa shape index (κ1) is 29.7. The average molecular weight is 613 g/mol. The summed E-state index contributed by atoms with van der Waals surface area (Å²) in [5, 5.41) is 13.9. The number of carbonyl (C=O) groups is 4. The van der Waals surface area contributed by atoms with Crippen LogP contribution in [0.2, 0.25) is 0 Å². The van der Waals surface area contributed by atoms with Crippen molar-refractivity contribution in [3.63, 3.8) is 0 Å². The van der Waals surface area contributed by atoms with E-state index in [4.69, 9.17) is 10.2 Å². The molecule has 0 radical (unpaired) electrons. The number of hydrogen-bond acceptors (Lipinski definition) is 10. The van der Waals surface area contributed by atoms with Crippen LogP contribution in [0.15, 0.2) is 69.4 Å². The number of fused-ring (bicyclic) bond motifs is 1.